The summed E-state index contributed by atoms with van der Waals surface area (Å²) in [5.41, 5.74) is 1.32. The van der Waals surface area contributed by atoms with Gasteiger partial charge in [0.15, 0.2) is 0 Å². The van der Waals surface area contributed by atoms with Crippen LogP contribution in [-0.4, -0.2) is 0 Å². The average Bonchev–Trinajstić information content (AvgIpc) is 2.30. The highest BCUT2D eigenvalue weighted by Crippen LogP contribution is 2.24. The van der Waals surface area contributed by atoms with Crippen LogP contribution in [-0.2, 0) is 6.42 Å². The molecule has 0 N–H and O–H groups in total. The van der Waals surface area contributed by atoms with E-state index >= 15 is 0 Å². The SMILES string of the molecule is CCc1ccc(Oc2cccc(Br)c2)cc1. The van der Waals surface area contributed by atoms with E-state index < -0.39 is 0 Å². The number of halogens is 1. The molecule has 0 saturated heterocycles. The highest BCUT2D eigenvalue weighted by molar-refractivity contribution is 9.10. The van der Waals surface area contributed by atoms with Gasteiger partial charge in [0.2, 0.25) is 0 Å². The van der Waals surface area contributed by atoms with Gasteiger partial charge < -0.3 is 4.74 Å². The Hall–Kier alpha value is -1.28. The van der Waals surface area contributed by atoms with E-state index in [0.29, 0.717) is 0 Å². The number of hydrogen-bond acceptors (Lipinski definition) is 1. The molecule has 0 aliphatic rings. The lowest BCUT2D eigenvalue weighted by Gasteiger charge is -2.06. The minimum atomic E-state index is 0.846. The first-order valence-corrected chi connectivity index (χ1v) is 6.09. The van der Waals surface area contributed by atoms with Crippen molar-refractivity contribution in [3.05, 3.63) is 58.6 Å². The van der Waals surface area contributed by atoms with E-state index in [1.807, 2.05) is 36.4 Å². The van der Waals surface area contributed by atoms with E-state index in [1.54, 1.807) is 0 Å². The summed E-state index contributed by atoms with van der Waals surface area (Å²) in [6, 6.07) is 16.0. The second-order valence-electron chi connectivity index (χ2n) is 3.56. The highest BCUT2D eigenvalue weighted by atomic mass is 79.9. The molecule has 2 heteroatoms. The summed E-state index contributed by atoms with van der Waals surface area (Å²) in [4.78, 5) is 0. The fourth-order valence-corrected chi connectivity index (χ4v) is 1.84. The van der Waals surface area contributed by atoms with Crippen LogP contribution in [0.15, 0.2) is 53.0 Å². The van der Waals surface area contributed by atoms with E-state index in [-0.39, 0.29) is 0 Å². The van der Waals surface area contributed by atoms with Crippen molar-refractivity contribution in [2.24, 2.45) is 0 Å². The summed E-state index contributed by atoms with van der Waals surface area (Å²) in [6.45, 7) is 2.14. The van der Waals surface area contributed by atoms with E-state index in [2.05, 4.69) is 35.0 Å². The molecule has 0 atom stereocenters. The molecule has 0 spiro atoms. The van der Waals surface area contributed by atoms with Crippen molar-refractivity contribution in [3.8, 4) is 11.5 Å². The number of benzene rings is 2. The van der Waals surface area contributed by atoms with Gasteiger partial charge in [-0.3, -0.25) is 0 Å². The zero-order valence-corrected chi connectivity index (χ0v) is 10.7. The van der Waals surface area contributed by atoms with Crippen molar-refractivity contribution in [1.82, 2.24) is 0 Å². The standard InChI is InChI=1S/C14H13BrO/c1-2-11-6-8-13(9-7-11)16-14-5-3-4-12(15)10-14/h3-10H,2H2,1H3. The third-order valence-electron chi connectivity index (χ3n) is 2.36. The Kier molecular flexibility index (Phi) is 3.62. The van der Waals surface area contributed by atoms with Crippen LogP contribution < -0.4 is 4.74 Å². The maximum absolute atomic E-state index is 5.73. The van der Waals surface area contributed by atoms with E-state index in [0.717, 1.165) is 22.4 Å². The van der Waals surface area contributed by atoms with Crippen molar-refractivity contribution in [1.29, 1.82) is 0 Å². The van der Waals surface area contributed by atoms with Gasteiger partial charge in [0.25, 0.3) is 0 Å². The van der Waals surface area contributed by atoms with E-state index in [4.69, 9.17) is 4.74 Å². The molecule has 1 nitrogen and oxygen atoms in total. The minimum Gasteiger partial charge on any atom is -0.457 e. The molecule has 82 valence electrons. The molecular formula is C14H13BrO. The highest BCUT2D eigenvalue weighted by Gasteiger charge is 1.97. The van der Waals surface area contributed by atoms with Gasteiger partial charge in [0, 0.05) is 4.47 Å². The van der Waals surface area contributed by atoms with E-state index in [1.165, 1.54) is 5.56 Å². The molecule has 0 heterocycles. The van der Waals surface area contributed by atoms with Gasteiger partial charge in [-0.25, -0.2) is 0 Å². The fourth-order valence-electron chi connectivity index (χ4n) is 1.46. The Morgan fingerprint density at radius 2 is 1.75 bits per heavy atom. The Balaban J connectivity index is 2.14. The second kappa shape index (κ2) is 5.17. The second-order valence-corrected chi connectivity index (χ2v) is 4.47. The third kappa shape index (κ3) is 2.86. The van der Waals surface area contributed by atoms with Crippen LogP contribution in [0.4, 0.5) is 0 Å². The summed E-state index contributed by atoms with van der Waals surface area (Å²) in [5, 5.41) is 0. The number of rotatable bonds is 3. The van der Waals surface area contributed by atoms with Gasteiger partial charge in [-0.1, -0.05) is 41.1 Å². The van der Waals surface area contributed by atoms with Crippen LogP contribution in [0.1, 0.15) is 12.5 Å². The lowest BCUT2D eigenvalue weighted by molar-refractivity contribution is 0.482. The molecule has 0 unspecified atom stereocenters. The molecule has 2 rings (SSSR count). The van der Waals surface area contributed by atoms with Crippen LogP contribution in [0, 0.1) is 0 Å². The third-order valence-corrected chi connectivity index (χ3v) is 2.86. The number of aryl methyl sites for hydroxylation is 1. The van der Waals surface area contributed by atoms with Crippen molar-refractivity contribution in [2.45, 2.75) is 13.3 Å². The van der Waals surface area contributed by atoms with Crippen LogP contribution >= 0.6 is 15.9 Å². The van der Waals surface area contributed by atoms with Crippen LogP contribution in [0.25, 0.3) is 0 Å². The molecule has 0 radical (unpaired) electrons. The molecule has 2 aromatic carbocycles. The topological polar surface area (TPSA) is 9.23 Å². The van der Waals surface area contributed by atoms with Gasteiger partial charge in [-0.15, -0.1) is 0 Å². The van der Waals surface area contributed by atoms with Crippen LogP contribution in [0.2, 0.25) is 0 Å². The Morgan fingerprint density at radius 1 is 1.00 bits per heavy atom. The van der Waals surface area contributed by atoms with Gasteiger partial charge >= 0.3 is 0 Å². The van der Waals surface area contributed by atoms with Gasteiger partial charge in [0.1, 0.15) is 11.5 Å². The maximum atomic E-state index is 5.73. The molecule has 0 amide bonds. The lowest BCUT2D eigenvalue weighted by Crippen LogP contribution is -1.85. The number of ether oxygens (including phenoxy) is 1. The quantitative estimate of drug-likeness (QED) is 0.782. The molecule has 0 aliphatic heterocycles. The first-order valence-electron chi connectivity index (χ1n) is 5.30. The monoisotopic (exact) mass is 276 g/mol. The van der Waals surface area contributed by atoms with Crippen LogP contribution in [0.5, 0.6) is 11.5 Å². The van der Waals surface area contributed by atoms with E-state index in [9.17, 15) is 0 Å². The lowest BCUT2D eigenvalue weighted by atomic mass is 10.2. The Morgan fingerprint density at radius 3 is 2.38 bits per heavy atom. The maximum Gasteiger partial charge on any atom is 0.128 e. The fraction of sp³-hybridized carbons (Fsp3) is 0.143. The molecule has 0 fully saturated rings. The van der Waals surface area contributed by atoms with Crippen LogP contribution in [0.3, 0.4) is 0 Å². The Bertz CT molecular complexity index is 462. The zero-order valence-electron chi connectivity index (χ0n) is 9.11. The minimum absolute atomic E-state index is 0.846. The molecule has 2 aromatic rings. The smallest absolute Gasteiger partial charge is 0.128 e. The predicted molar refractivity (Wildman–Crippen MR) is 70.0 cm³/mol. The van der Waals surface area contributed by atoms with Crippen molar-refractivity contribution in [2.75, 3.05) is 0 Å². The van der Waals surface area contributed by atoms with Crippen molar-refractivity contribution >= 4 is 15.9 Å². The van der Waals surface area contributed by atoms with Crippen molar-refractivity contribution < 1.29 is 4.74 Å². The normalized spacial score (nSPS) is 10.1. The largest absolute Gasteiger partial charge is 0.457 e. The van der Waals surface area contributed by atoms with Gasteiger partial charge in [-0.05, 0) is 42.3 Å². The summed E-state index contributed by atoms with van der Waals surface area (Å²) >= 11 is 3.42. The van der Waals surface area contributed by atoms with Gasteiger partial charge in [-0.2, -0.15) is 0 Å². The molecule has 0 bridgehead atoms. The Labute approximate surface area is 104 Å². The molecule has 0 saturated carbocycles. The molecule has 0 aliphatic carbocycles. The molecule has 0 aromatic heterocycles. The first-order chi connectivity index (χ1) is 7.78. The predicted octanol–water partition coefficient (Wildman–Crippen LogP) is 4.80. The molecule has 16 heavy (non-hydrogen) atoms. The summed E-state index contributed by atoms with van der Waals surface area (Å²) < 4.78 is 6.75. The summed E-state index contributed by atoms with van der Waals surface area (Å²) in [7, 11) is 0. The summed E-state index contributed by atoms with van der Waals surface area (Å²) in [6.07, 6.45) is 1.05. The number of hydrogen-bond donors (Lipinski definition) is 0. The zero-order chi connectivity index (χ0) is 11.4. The van der Waals surface area contributed by atoms with Gasteiger partial charge in [0.05, 0.1) is 0 Å². The first kappa shape index (κ1) is 11.2. The molecular weight excluding hydrogens is 264 g/mol. The average molecular weight is 277 g/mol. The summed E-state index contributed by atoms with van der Waals surface area (Å²) in [5.74, 6) is 1.72. The van der Waals surface area contributed by atoms with Crippen molar-refractivity contribution in [3.63, 3.8) is 0 Å².